The zero-order valence-corrected chi connectivity index (χ0v) is 12.7. The summed E-state index contributed by atoms with van der Waals surface area (Å²) < 4.78 is 0. The number of para-hydroxylation sites is 1. The normalized spacial score (nSPS) is 19.2. The van der Waals surface area contributed by atoms with E-state index in [4.69, 9.17) is 10.8 Å². The van der Waals surface area contributed by atoms with Crippen LogP contribution >= 0.6 is 0 Å². The van der Waals surface area contributed by atoms with Crippen LogP contribution in [0, 0.1) is 5.41 Å². The molecule has 0 aliphatic carbocycles. The van der Waals surface area contributed by atoms with Crippen LogP contribution < -0.4 is 10.6 Å². The molecule has 1 aromatic rings. The summed E-state index contributed by atoms with van der Waals surface area (Å²) in [5, 5.41) is 9.03. The topological polar surface area (TPSA) is 83.6 Å². The van der Waals surface area contributed by atoms with Crippen molar-refractivity contribution in [1.29, 1.82) is 0 Å². The number of benzene rings is 1. The van der Waals surface area contributed by atoms with E-state index in [0.717, 1.165) is 11.3 Å². The van der Waals surface area contributed by atoms with Crippen molar-refractivity contribution in [3.8, 4) is 0 Å². The van der Waals surface area contributed by atoms with Gasteiger partial charge in [-0.3, -0.25) is 9.59 Å². The molecule has 2 atom stereocenters. The van der Waals surface area contributed by atoms with Crippen molar-refractivity contribution < 1.29 is 14.7 Å². The van der Waals surface area contributed by atoms with Crippen LogP contribution in [0.5, 0.6) is 0 Å². The Morgan fingerprint density at radius 2 is 2.00 bits per heavy atom. The first-order chi connectivity index (χ1) is 9.71. The molecule has 21 heavy (non-hydrogen) atoms. The minimum atomic E-state index is -0.857. The average Bonchev–Trinajstić information content (AvgIpc) is 2.74. The molecule has 0 fully saturated rings. The maximum atomic E-state index is 12.6. The molecule has 2 rings (SSSR count). The van der Waals surface area contributed by atoms with Gasteiger partial charge in [-0.2, -0.15) is 0 Å². The molecular formula is C16H22N2O3. The molecular weight excluding hydrogens is 268 g/mol. The van der Waals surface area contributed by atoms with E-state index in [9.17, 15) is 9.59 Å². The fraction of sp³-hybridized carbons (Fsp3) is 0.500. The summed E-state index contributed by atoms with van der Waals surface area (Å²) in [6, 6.07) is 6.84. The first-order valence-corrected chi connectivity index (χ1v) is 7.09. The van der Waals surface area contributed by atoms with E-state index in [1.807, 2.05) is 45.0 Å². The Hall–Kier alpha value is -1.88. The number of rotatable bonds is 3. The first kappa shape index (κ1) is 15.5. The number of carbonyl (C=O) groups is 2. The second-order valence-corrected chi connectivity index (χ2v) is 6.65. The number of nitrogens with zero attached hydrogens (tertiary/aromatic N) is 1. The van der Waals surface area contributed by atoms with E-state index in [2.05, 4.69) is 0 Å². The lowest BCUT2D eigenvalue weighted by molar-refractivity contribution is -0.137. The third kappa shape index (κ3) is 3.08. The number of hydrogen-bond acceptors (Lipinski definition) is 3. The number of anilines is 1. The van der Waals surface area contributed by atoms with Gasteiger partial charge in [-0.15, -0.1) is 0 Å². The highest BCUT2D eigenvalue weighted by atomic mass is 16.4. The minimum absolute atomic E-state index is 0.0194. The van der Waals surface area contributed by atoms with E-state index >= 15 is 0 Å². The smallest absolute Gasteiger partial charge is 0.304 e. The van der Waals surface area contributed by atoms with Gasteiger partial charge in [0.1, 0.15) is 0 Å². The van der Waals surface area contributed by atoms with Crippen molar-refractivity contribution in [3.63, 3.8) is 0 Å². The number of amides is 1. The molecule has 0 aromatic heterocycles. The molecule has 3 N–H and O–H groups in total. The van der Waals surface area contributed by atoms with Gasteiger partial charge in [0, 0.05) is 18.2 Å². The van der Waals surface area contributed by atoms with E-state index in [1.54, 1.807) is 4.90 Å². The number of carboxylic acids is 1. The molecule has 1 amide bonds. The van der Waals surface area contributed by atoms with Crippen molar-refractivity contribution >= 4 is 17.6 Å². The van der Waals surface area contributed by atoms with Crippen molar-refractivity contribution in [3.05, 3.63) is 29.8 Å². The molecule has 1 heterocycles. The molecule has 0 radical (unpaired) electrons. The average molecular weight is 290 g/mol. The standard InChI is InChI=1S/C16H22N2O3/c1-16(2,3)14(17)15(21)18-9-10(8-13(19)20)11-6-4-5-7-12(11)18/h4-7,10,14H,8-9,17H2,1-3H3,(H,19,20)/t10?,14-/m1/s1. The Balaban J connectivity index is 2.31. The van der Waals surface area contributed by atoms with Gasteiger partial charge in [0.25, 0.3) is 0 Å². The second kappa shape index (κ2) is 5.48. The van der Waals surface area contributed by atoms with Gasteiger partial charge in [0.2, 0.25) is 5.91 Å². The third-order valence-electron chi connectivity index (χ3n) is 3.96. The van der Waals surface area contributed by atoms with Crippen molar-refractivity contribution in [1.82, 2.24) is 0 Å². The molecule has 0 bridgehead atoms. The fourth-order valence-electron chi connectivity index (χ4n) is 2.63. The lowest BCUT2D eigenvalue weighted by Gasteiger charge is -2.30. The van der Waals surface area contributed by atoms with Crippen molar-refractivity contribution in [2.24, 2.45) is 11.1 Å². The number of hydrogen-bond donors (Lipinski definition) is 2. The van der Waals surface area contributed by atoms with Gasteiger partial charge in [-0.05, 0) is 17.0 Å². The van der Waals surface area contributed by atoms with Crippen LogP contribution in [0.2, 0.25) is 0 Å². The van der Waals surface area contributed by atoms with Gasteiger partial charge in [-0.25, -0.2) is 0 Å². The van der Waals surface area contributed by atoms with E-state index in [0.29, 0.717) is 6.54 Å². The molecule has 5 heteroatoms. The van der Waals surface area contributed by atoms with Crippen LogP contribution in [0.25, 0.3) is 0 Å². The Labute approximate surface area is 124 Å². The lowest BCUT2D eigenvalue weighted by atomic mass is 9.86. The van der Waals surface area contributed by atoms with Crippen molar-refractivity contribution in [2.75, 3.05) is 11.4 Å². The summed E-state index contributed by atoms with van der Waals surface area (Å²) >= 11 is 0. The highest BCUT2D eigenvalue weighted by Crippen LogP contribution is 2.38. The largest absolute Gasteiger partial charge is 0.481 e. The summed E-state index contributed by atoms with van der Waals surface area (Å²) in [4.78, 5) is 25.3. The van der Waals surface area contributed by atoms with Gasteiger partial charge >= 0.3 is 5.97 Å². The van der Waals surface area contributed by atoms with Crippen LogP contribution in [0.3, 0.4) is 0 Å². The molecule has 1 aliphatic rings. The molecule has 1 unspecified atom stereocenters. The number of carbonyl (C=O) groups excluding carboxylic acids is 1. The van der Waals surface area contributed by atoms with E-state index < -0.39 is 12.0 Å². The molecule has 0 saturated heterocycles. The predicted molar refractivity (Wildman–Crippen MR) is 81.2 cm³/mol. The number of fused-ring (bicyclic) bond motifs is 1. The van der Waals surface area contributed by atoms with Crippen LogP contribution in [0.1, 0.15) is 38.7 Å². The van der Waals surface area contributed by atoms with Gasteiger partial charge in [0.05, 0.1) is 12.5 Å². The summed E-state index contributed by atoms with van der Waals surface area (Å²) in [7, 11) is 0. The molecule has 1 aromatic carbocycles. The lowest BCUT2D eigenvalue weighted by Crippen LogP contribution is -2.50. The number of carboxylic acid groups (broad SMARTS) is 1. The van der Waals surface area contributed by atoms with Gasteiger partial charge in [0.15, 0.2) is 0 Å². The predicted octanol–water partition coefficient (Wildman–Crippen LogP) is 1.96. The zero-order valence-electron chi connectivity index (χ0n) is 12.7. The second-order valence-electron chi connectivity index (χ2n) is 6.65. The van der Waals surface area contributed by atoms with Crippen LogP contribution in [0.15, 0.2) is 24.3 Å². The van der Waals surface area contributed by atoms with Gasteiger partial charge < -0.3 is 15.7 Å². The van der Waals surface area contributed by atoms with Gasteiger partial charge in [-0.1, -0.05) is 39.0 Å². The SMILES string of the molecule is CC(C)(C)[C@H](N)C(=O)N1CC(CC(=O)O)c2ccccc21. The van der Waals surface area contributed by atoms with Crippen LogP contribution in [-0.2, 0) is 9.59 Å². The van der Waals surface area contributed by atoms with Crippen LogP contribution in [-0.4, -0.2) is 29.6 Å². The summed E-state index contributed by atoms with van der Waals surface area (Å²) in [6.45, 7) is 6.15. The number of aliphatic carboxylic acids is 1. The van der Waals surface area contributed by atoms with E-state index in [-0.39, 0.29) is 23.7 Å². The first-order valence-electron chi connectivity index (χ1n) is 7.09. The highest BCUT2D eigenvalue weighted by Gasteiger charge is 2.38. The Kier molecular flexibility index (Phi) is 4.05. The van der Waals surface area contributed by atoms with Crippen molar-refractivity contribution in [2.45, 2.75) is 39.2 Å². The maximum Gasteiger partial charge on any atom is 0.304 e. The molecule has 114 valence electrons. The summed E-state index contributed by atoms with van der Waals surface area (Å²) in [5.74, 6) is -1.18. The molecule has 0 saturated carbocycles. The third-order valence-corrected chi connectivity index (χ3v) is 3.96. The maximum absolute atomic E-state index is 12.6. The monoisotopic (exact) mass is 290 g/mol. The number of nitrogens with two attached hydrogens (primary N) is 1. The Bertz CT molecular complexity index is 563. The summed E-state index contributed by atoms with van der Waals surface area (Å²) in [5.41, 5.74) is 7.43. The quantitative estimate of drug-likeness (QED) is 0.891. The Morgan fingerprint density at radius 1 is 1.38 bits per heavy atom. The van der Waals surface area contributed by atoms with Crippen LogP contribution in [0.4, 0.5) is 5.69 Å². The summed E-state index contributed by atoms with van der Waals surface area (Å²) in [6.07, 6.45) is 0.0194. The molecule has 1 aliphatic heterocycles. The highest BCUT2D eigenvalue weighted by molar-refractivity contribution is 5.99. The molecule has 0 spiro atoms. The Morgan fingerprint density at radius 3 is 2.57 bits per heavy atom. The minimum Gasteiger partial charge on any atom is -0.481 e. The molecule has 5 nitrogen and oxygen atoms in total. The van der Waals surface area contributed by atoms with E-state index in [1.165, 1.54) is 0 Å². The fourth-order valence-corrected chi connectivity index (χ4v) is 2.63. The zero-order chi connectivity index (χ0) is 15.8.